The molecule has 0 saturated heterocycles. The molecule has 1 aliphatic rings. The Morgan fingerprint density at radius 2 is 1.71 bits per heavy atom. The number of hydrogen-bond acceptors (Lipinski definition) is 11. The number of hydrogen-bond donors (Lipinski definition) is 6. The summed E-state index contributed by atoms with van der Waals surface area (Å²) >= 11 is 0. The number of carbonyl (C=O) groups is 3. The van der Waals surface area contributed by atoms with Crippen LogP contribution in [0.1, 0.15) is 30.4 Å². The van der Waals surface area contributed by atoms with Gasteiger partial charge in [0.05, 0.1) is 13.2 Å². The highest BCUT2D eigenvalue weighted by Gasteiger charge is 2.54. The van der Waals surface area contributed by atoms with E-state index in [1.807, 2.05) is 0 Å². The first-order valence-electron chi connectivity index (χ1n) is 11.5. The van der Waals surface area contributed by atoms with E-state index >= 15 is 0 Å². The molecule has 0 unspecified atom stereocenters. The van der Waals surface area contributed by atoms with E-state index in [-0.39, 0.29) is 35.8 Å². The highest BCUT2D eigenvalue weighted by molar-refractivity contribution is 5.90. The van der Waals surface area contributed by atoms with E-state index in [1.165, 1.54) is 49.6 Å². The van der Waals surface area contributed by atoms with E-state index in [0.29, 0.717) is 11.1 Å². The fraction of sp³-hybridized carbons (Fsp3) is 0.346. The Hall–Kier alpha value is -4.29. The van der Waals surface area contributed by atoms with Crippen LogP contribution >= 0.6 is 0 Å². The molecule has 0 aliphatic heterocycles. The van der Waals surface area contributed by atoms with Crippen molar-refractivity contribution in [2.45, 2.75) is 49.6 Å². The number of aliphatic carboxylic acids is 1. The maximum Gasteiger partial charge on any atom is 0.348 e. The summed E-state index contributed by atoms with van der Waals surface area (Å²) in [5, 5.41) is 59.1. The van der Waals surface area contributed by atoms with Crippen LogP contribution < -0.4 is 4.74 Å². The molecule has 2 aromatic rings. The van der Waals surface area contributed by atoms with Crippen molar-refractivity contribution in [3.8, 4) is 23.0 Å². The van der Waals surface area contributed by atoms with Gasteiger partial charge in [-0.3, -0.25) is 4.79 Å². The Morgan fingerprint density at radius 1 is 1.00 bits per heavy atom. The van der Waals surface area contributed by atoms with Crippen LogP contribution in [0.25, 0.3) is 6.08 Å². The van der Waals surface area contributed by atoms with E-state index in [0.717, 1.165) is 6.08 Å². The molecule has 6 N–H and O–H groups in total. The third-order valence-corrected chi connectivity index (χ3v) is 6.09. The zero-order valence-electron chi connectivity index (χ0n) is 20.3. The molecule has 1 fully saturated rings. The van der Waals surface area contributed by atoms with Crippen LogP contribution in [-0.4, -0.2) is 79.6 Å². The van der Waals surface area contributed by atoms with Gasteiger partial charge >= 0.3 is 17.9 Å². The fourth-order valence-electron chi connectivity index (χ4n) is 4.04. The molecule has 204 valence electrons. The second-order valence-electron chi connectivity index (χ2n) is 8.80. The molecule has 1 aliphatic carbocycles. The van der Waals surface area contributed by atoms with Crippen LogP contribution in [0, 0.1) is 0 Å². The molecular weight excluding hydrogens is 504 g/mol. The predicted octanol–water partition coefficient (Wildman–Crippen LogP) is 1.25. The minimum absolute atomic E-state index is 0.101. The number of carboxylic acids is 1. The third kappa shape index (κ3) is 6.72. The molecule has 4 atom stereocenters. The lowest BCUT2D eigenvalue weighted by molar-refractivity contribution is -0.208. The lowest BCUT2D eigenvalue weighted by Gasteiger charge is -2.41. The average Bonchev–Trinajstić information content (AvgIpc) is 2.87. The zero-order valence-corrected chi connectivity index (χ0v) is 20.3. The maximum absolute atomic E-state index is 12.5. The summed E-state index contributed by atoms with van der Waals surface area (Å²) < 4.78 is 15.4. The first-order valence-corrected chi connectivity index (χ1v) is 11.5. The summed E-state index contributed by atoms with van der Waals surface area (Å²) in [6.45, 7) is 0. The van der Waals surface area contributed by atoms with Crippen molar-refractivity contribution in [3.05, 3.63) is 53.6 Å². The van der Waals surface area contributed by atoms with Crippen molar-refractivity contribution in [3.63, 3.8) is 0 Å². The smallest absolute Gasteiger partial charge is 0.348 e. The Morgan fingerprint density at radius 3 is 2.37 bits per heavy atom. The van der Waals surface area contributed by atoms with Crippen molar-refractivity contribution >= 4 is 24.0 Å². The highest BCUT2D eigenvalue weighted by atomic mass is 16.6. The molecule has 2 aromatic carbocycles. The summed E-state index contributed by atoms with van der Waals surface area (Å²) in [4.78, 5) is 37.0. The molecule has 12 nitrogen and oxygen atoms in total. The number of aliphatic hydroxyl groups excluding tert-OH is 2. The van der Waals surface area contributed by atoms with Crippen molar-refractivity contribution in [1.82, 2.24) is 0 Å². The van der Waals surface area contributed by atoms with Crippen LogP contribution in [0.5, 0.6) is 23.0 Å². The van der Waals surface area contributed by atoms with Crippen molar-refractivity contribution in [1.29, 1.82) is 0 Å². The van der Waals surface area contributed by atoms with Crippen LogP contribution in [0.15, 0.2) is 42.5 Å². The van der Waals surface area contributed by atoms with E-state index in [1.54, 1.807) is 0 Å². The number of esters is 2. The molecule has 1 saturated carbocycles. The summed E-state index contributed by atoms with van der Waals surface area (Å²) in [6.07, 6.45) is -3.92. The van der Waals surface area contributed by atoms with Gasteiger partial charge in [0.15, 0.2) is 23.0 Å². The molecule has 0 aromatic heterocycles. The van der Waals surface area contributed by atoms with Gasteiger partial charge in [0.1, 0.15) is 12.2 Å². The maximum atomic E-state index is 12.5. The van der Waals surface area contributed by atoms with Crippen LogP contribution in [0.2, 0.25) is 0 Å². The summed E-state index contributed by atoms with van der Waals surface area (Å²) in [5.41, 5.74) is -1.34. The second-order valence-corrected chi connectivity index (χ2v) is 8.80. The number of phenols is 3. The van der Waals surface area contributed by atoms with E-state index in [9.17, 15) is 45.0 Å². The number of ether oxygens (including phenoxy) is 3. The normalized spacial score (nSPS) is 23.1. The number of aryl methyl sites for hydroxylation is 1. The SMILES string of the molecule is COc1cc(C=CC(=O)O[C@]2(C(=O)O)C[C@@H](O)[C@H](O)[C@H](OC(=O)CCc3ccc(O)c(O)c3)C2)ccc1O. The first kappa shape index (κ1) is 28.3. The molecule has 0 radical (unpaired) electrons. The van der Waals surface area contributed by atoms with Crippen molar-refractivity contribution in [2.75, 3.05) is 7.11 Å². The molecule has 0 spiro atoms. The van der Waals surface area contributed by atoms with Crippen molar-refractivity contribution < 1.29 is 59.2 Å². The topological polar surface area (TPSA) is 200 Å². The van der Waals surface area contributed by atoms with E-state index in [2.05, 4.69) is 0 Å². The molecule has 12 heteroatoms. The average molecular weight is 532 g/mol. The Labute approximate surface area is 216 Å². The Bertz CT molecular complexity index is 1220. The van der Waals surface area contributed by atoms with Gasteiger partial charge in [0, 0.05) is 25.3 Å². The first-order chi connectivity index (χ1) is 17.9. The molecule has 0 bridgehead atoms. The number of methoxy groups -OCH3 is 1. The largest absolute Gasteiger partial charge is 0.504 e. The number of rotatable bonds is 9. The predicted molar refractivity (Wildman–Crippen MR) is 129 cm³/mol. The van der Waals surface area contributed by atoms with Gasteiger partial charge in [-0.1, -0.05) is 12.1 Å². The molecule has 0 amide bonds. The minimum Gasteiger partial charge on any atom is -0.504 e. The van der Waals surface area contributed by atoms with Gasteiger partial charge in [-0.05, 0) is 47.9 Å². The lowest BCUT2D eigenvalue weighted by Crippen LogP contribution is -2.58. The monoisotopic (exact) mass is 532 g/mol. The Balaban J connectivity index is 1.68. The number of aromatic hydroxyl groups is 3. The standard InChI is InChI=1S/C26H28O12/c1-36-20-11-15(3-7-17(20)28)5-9-23(32)38-26(25(34)35)12-19(30)24(33)21(13-26)37-22(31)8-4-14-2-6-16(27)18(29)10-14/h2-3,5-7,9-11,19,21,24,27-30,33H,4,8,12-13H2,1H3,(H,34,35)/t19-,21-,24+,26-/m1/s1. The number of carboxylic acid groups (broad SMARTS) is 1. The number of aliphatic hydroxyl groups is 2. The summed E-state index contributed by atoms with van der Waals surface area (Å²) in [7, 11) is 1.34. The van der Waals surface area contributed by atoms with E-state index in [4.69, 9.17) is 14.2 Å². The minimum atomic E-state index is -2.29. The van der Waals surface area contributed by atoms with Crippen LogP contribution in [0.3, 0.4) is 0 Å². The van der Waals surface area contributed by atoms with Gasteiger partial charge in [-0.2, -0.15) is 0 Å². The fourth-order valence-corrected chi connectivity index (χ4v) is 4.04. The zero-order chi connectivity index (χ0) is 28.0. The van der Waals surface area contributed by atoms with Crippen molar-refractivity contribution in [2.24, 2.45) is 0 Å². The number of phenolic OH excluding ortho intramolecular Hbond substituents is 3. The number of benzene rings is 2. The second kappa shape index (κ2) is 11.8. The molecule has 38 heavy (non-hydrogen) atoms. The summed E-state index contributed by atoms with van der Waals surface area (Å²) in [6, 6.07) is 8.24. The van der Waals surface area contributed by atoms with Gasteiger partial charge in [0.2, 0.25) is 5.60 Å². The highest BCUT2D eigenvalue weighted by Crippen LogP contribution is 2.35. The summed E-state index contributed by atoms with van der Waals surface area (Å²) in [5.74, 6) is -4.16. The Kier molecular flexibility index (Phi) is 8.81. The third-order valence-electron chi connectivity index (χ3n) is 6.09. The molecular formula is C26H28O12. The quantitative estimate of drug-likeness (QED) is 0.154. The van der Waals surface area contributed by atoms with E-state index < -0.39 is 54.7 Å². The van der Waals surface area contributed by atoms with Crippen LogP contribution in [-0.2, 0) is 30.3 Å². The molecule has 0 heterocycles. The van der Waals surface area contributed by atoms with Gasteiger partial charge < -0.3 is 44.8 Å². The molecule has 3 rings (SSSR count). The van der Waals surface area contributed by atoms with Crippen LogP contribution in [0.4, 0.5) is 0 Å². The van der Waals surface area contributed by atoms with Gasteiger partial charge in [-0.15, -0.1) is 0 Å². The van der Waals surface area contributed by atoms with Gasteiger partial charge in [0.25, 0.3) is 0 Å². The lowest BCUT2D eigenvalue weighted by atomic mass is 9.79. The number of carbonyl (C=O) groups excluding carboxylic acids is 2. The van der Waals surface area contributed by atoms with Gasteiger partial charge in [-0.25, -0.2) is 9.59 Å².